The lowest BCUT2D eigenvalue weighted by atomic mass is 9.63. The van der Waals surface area contributed by atoms with E-state index in [4.69, 9.17) is 11.6 Å². The standard InChI is InChI=1S/C29H22ClNOS/c30-23-16-8-7-15-22(23)26-19-29(21-13-5-2-6-14-21)27(20-11-3-1-4-12-20)28(32)31(29)24-17-9-10-18-25(24)33-26/h1-18,26-27H,19H2/t26-,27-,29-/m0/s1. The van der Waals surface area contributed by atoms with E-state index >= 15 is 0 Å². The molecule has 4 aromatic rings. The zero-order valence-electron chi connectivity index (χ0n) is 17.9. The van der Waals surface area contributed by atoms with Gasteiger partial charge in [0.15, 0.2) is 0 Å². The SMILES string of the molecule is O=C1[C@H](c2ccccc2)[C@@]2(c3ccccc3)C[C@@H](c3ccccc3Cl)Sc3ccccc3N12. The van der Waals surface area contributed by atoms with Crippen molar-refractivity contribution in [3.05, 3.63) is 131 Å². The minimum atomic E-state index is -0.497. The number of nitrogens with zero attached hydrogens (tertiary/aromatic N) is 1. The van der Waals surface area contributed by atoms with E-state index in [2.05, 4.69) is 59.5 Å². The quantitative estimate of drug-likeness (QED) is 0.289. The molecule has 2 aliphatic rings. The normalized spacial score (nSPS) is 23.8. The number of carbonyl (C=O) groups is 1. The van der Waals surface area contributed by atoms with Crippen LogP contribution < -0.4 is 4.90 Å². The van der Waals surface area contributed by atoms with E-state index in [0.717, 1.165) is 38.7 Å². The van der Waals surface area contributed by atoms with Crippen LogP contribution in [-0.2, 0) is 10.3 Å². The summed E-state index contributed by atoms with van der Waals surface area (Å²) in [6.07, 6.45) is 0.769. The minimum Gasteiger partial charge on any atom is -0.299 e. The predicted octanol–water partition coefficient (Wildman–Crippen LogP) is 7.60. The number of hydrogen-bond donors (Lipinski definition) is 0. The van der Waals surface area contributed by atoms with Crippen LogP contribution in [0.1, 0.15) is 34.3 Å². The molecule has 6 rings (SSSR count). The molecule has 4 aromatic carbocycles. The van der Waals surface area contributed by atoms with Crippen LogP contribution in [0, 0.1) is 0 Å². The Balaban J connectivity index is 1.62. The molecule has 2 heterocycles. The van der Waals surface area contributed by atoms with Gasteiger partial charge in [0, 0.05) is 15.2 Å². The number of thioether (sulfide) groups is 1. The molecule has 1 amide bonds. The van der Waals surface area contributed by atoms with Crippen molar-refractivity contribution in [1.29, 1.82) is 0 Å². The highest BCUT2D eigenvalue weighted by Crippen LogP contribution is 2.63. The Bertz CT molecular complexity index is 1330. The molecule has 0 bridgehead atoms. The second-order valence-corrected chi connectivity index (χ2v) is 10.3. The lowest BCUT2D eigenvalue weighted by Crippen LogP contribution is -2.67. The number of carbonyl (C=O) groups excluding carboxylic acids is 1. The molecule has 1 saturated heterocycles. The van der Waals surface area contributed by atoms with Gasteiger partial charge in [-0.3, -0.25) is 9.69 Å². The summed E-state index contributed by atoms with van der Waals surface area (Å²) in [5, 5.41) is 0.871. The van der Waals surface area contributed by atoms with Crippen molar-refractivity contribution in [3.63, 3.8) is 0 Å². The number of rotatable bonds is 3. The largest absolute Gasteiger partial charge is 0.299 e. The van der Waals surface area contributed by atoms with Gasteiger partial charge in [0.25, 0.3) is 0 Å². The molecule has 0 N–H and O–H groups in total. The average Bonchev–Trinajstić information content (AvgIpc) is 2.98. The number of amides is 1. The third kappa shape index (κ3) is 3.14. The first-order chi connectivity index (χ1) is 16.2. The number of benzene rings is 4. The van der Waals surface area contributed by atoms with Crippen molar-refractivity contribution in [3.8, 4) is 0 Å². The molecule has 3 atom stereocenters. The van der Waals surface area contributed by atoms with Crippen LogP contribution in [0.4, 0.5) is 5.69 Å². The molecule has 0 aromatic heterocycles. The maximum atomic E-state index is 13.9. The van der Waals surface area contributed by atoms with E-state index in [-0.39, 0.29) is 17.1 Å². The molecular formula is C29H22ClNOS. The number of halogens is 1. The first-order valence-corrected chi connectivity index (χ1v) is 12.4. The van der Waals surface area contributed by atoms with Crippen molar-refractivity contribution in [2.75, 3.05) is 4.90 Å². The minimum absolute atomic E-state index is 0.101. The molecule has 4 heteroatoms. The summed E-state index contributed by atoms with van der Waals surface area (Å²) in [4.78, 5) is 17.1. The van der Waals surface area contributed by atoms with E-state index in [0.29, 0.717) is 0 Å². The van der Waals surface area contributed by atoms with E-state index in [1.165, 1.54) is 0 Å². The molecule has 2 nitrogen and oxygen atoms in total. The van der Waals surface area contributed by atoms with Gasteiger partial charge < -0.3 is 0 Å². The summed E-state index contributed by atoms with van der Waals surface area (Å²) < 4.78 is 0. The summed E-state index contributed by atoms with van der Waals surface area (Å²) in [6.45, 7) is 0. The topological polar surface area (TPSA) is 20.3 Å². The molecule has 0 radical (unpaired) electrons. The summed E-state index contributed by atoms with van der Waals surface area (Å²) in [5.74, 6) is -0.101. The number of anilines is 1. The summed E-state index contributed by atoms with van der Waals surface area (Å²) in [7, 11) is 0. The lowest BCUT2D eigenvalue weighted by Gasteiger charge is -2.58. The first-order valence-electron chi connectivity index (χ1n) is 11.1. The van der Waals surface area contributed by atoms with Gasteiger partial charge in [-0.15, -0.1) is 11.8 Å². The van der Waals surface area contributed by atoms with Crippen molar-refractivity contribution in [1.82, 2.24) is 0 Å². The second kappa shape index (κ2) is 8.09. The van der Waals surface area contributed by atoms with Crippen LogP contribution in [0.15, 0.2) is 114 Å². The highest BCUT2D eigenvalue weighted by molar-refractivity contribution is 7.99. The fourth-order valence-electron chi connectivity index (χ4n) is 5.47. The van der Waals surface area contributed by atoms with Gasteiger partial charge >= 0.3 is 0 Å². The molecule has 0 aliphatic carbocycles. The number of fused-ring (bicyclic) bond motifs is 3. The molecule has 0 spiro atoms. The Kier molecular flexibility index (Phi) is 5.05. The second-order valence-electron chi connectivity index (χ2n) is 8.61. The van der Waals surface area contributed by atoms with Gasteiger partial charge in [0.1, 0.15) is 0 Å². The molecule has 162 valence electrons. The predicted molar refractivity (Wildman–Crippen MR) is 136 cm³/mol. The Hall–Kier alpha value is -3.01. The fourth-order valence-corrected chi connectivity index (χ4v) is 7.21. The van der Waals surface area contributed by atoms with Crippen LogP contribution >= 0.6 is 23.4 Å². The van der Waals surface area contributed by atoms with E-state index in [1.54, 1.807) is 11.8 Å². The highest BCUT2D eigenvalue weighted by Gasteiger charge is 2.64. The third-order valence-electron chi connectivity index (χ3n) is 6.87. The number of hydrogen-bond acceptors (Lipinski definition) is 2. The van der Waals surface area contributed by atoms with E-state index in [1.807, 2.05) is 54.6 Å². The van der Waals surface area contributed by atoms with E-state index < -0.39 is 5.54 Å². The lowest BCUT2D eigenvalue weighted by molar-refractivity contribution is -0.131. The van der Waals surface area contributed by atoms with Gasteiger partial charge in [0.05, 0.1) is 17.1 Å². The summed E-state index contributed by atoms with van der Waals surface area (Å²) >= 11 is 8.53. The van der Waals surface area contributed by atoms with Crippen molar-refractivity contribution >= 4 is 35.0 Å². The molecule has 1 fully saturated rings. The van der Waals surface area contributed by atoms with Crippen molar-refractivity contribution in [2.45, 2.75) is 28.0 Å². The van der Waals surface area contributed by atoms with Crippen LogP contribution in [-0.4, -0.2) is 5.91 Å². The van der Waals surface area contributed by atoms with E-state index in [9.17, 15) is 4.79 Å². The molecule has 0 unspecified atom stereocenters. The molecule has 2 aliphatic heterocycles. The number of para-hydroxylation sites is 1. The highest BCUT2D eigenvalue weighted by atomic mass is 35.5. The van der Waals surface area contributed by atoms with Crippen LogP contribution in [0.25, 0.3) is 0 Å². The fraction of sp³-hybridized carbons (Fsp3) is 0.138. The van der Waals surface area contributed by atoms with Gasteiger partial charge in [-0.2, -0.15) is 0 Å². The smallest absolute Gasteiger partial charge is 0.238 e. The Morgan fingerprint density at radius 1 is 0.788 bits per heavy atom. The van der Waals surface area contributed by atoms with Crippen LogP contribution in [0.5, 0.6) is 0 Å². The Labute approximate surface area is 203 Å². The maximum absolute atomic E-state index is 13.9. The molecule has 33 heavy (non-hydrogen) atoms. The van der Waals surface area contributed by atoms with Crippen molar-refractivity contribution in [2.24, 2.45) is 0 Å². The van der Waals surface area contributed by atoms with Crippen LogP contribution in [0.3, 0.4) is 0 Å². The summed E-state index contributed by atoms with van der Waals surface area (Å²) in [6, 6.07) is 37.1. The van der Waals surface area contributed by atoms with Crippen molar-refractivity contribution < 1.29 is 4.79 Å². The first kappa shape index (κ1) is 20.6. The number of β-lactam (4-membered cyclic amide) rings is 1. The van der Waals surface area contributed by atoms with Gasteiger partial charge in [0.2, 0.25) is 5.91 Å². The average molecular weight is 468 g/mol. The Morgan fingerprint density at radius 3 is 2.18 bits per heavy atom. The molecule has 0 saturated carbocycles. The zero-order valence-corrected chi connectivity index (χ0v) is 19.5. The monoisotopic (exact) mass is 467 g/mol. The van der Waals surface area contributed by atoms with Gasteiger partial charge in [-0.05, 0) is 41.3 Å². The Morgan fingerprint density at radius 2 is 1.42 bits per heavy atom. The van der Waals surface area contributed by atoms with Gasteiger partial charge in [-0.1, -0.05) is 103 Å². The third-order valence-corrected chi connectivity index (χ3v) is 8.52. The summed E-state index contributed by atoms with van der Waals surface area (Å²) in [5.41, 5.74) is 3.82. The van der Waals surface area contributed by atoms with Gasteiger partial charge in [-0.25, -0.2) is 0 Å². The molecular weight excluding hydrogens is 446 g/mol. The zero-order chi connectivity index (χ0) is 22.4. The maximum Gasteiger partial charge on any atom is 0.238 e. The van der Waals surface area contributed by atoms with Crippen LogP contribution in [0.2, 0.25) is 5.02 Å².